The van der Waals surface area contributed by atoms with Crippen molar-refractivity contribution in [1.29, 1.82) is 0 Å². The molecule has 14 heavy (non-hydrogen) atoms. The van der Waals surface area contributed by atoms with Crippen LogP contribution in [0.4, 0.5) is 0 Å². The van der Waals surface area contributed by atoms with Gasteiger partial charge >= 0.3 is 5.97 Å². The average Bonchev–Trinajstić information content (AvgIpc) is 1.96. The molecule has 2 N–H and O–H groups in total. The highest BCUT2D eigenvalue weighted by molar-refractivity contribution is 5.85. The molecule has 0 heterocycles. The van der Waals surface area contributed by atoms with Crippen LogP contribution in [0.5, 0.6) is 0 Å². The summed E-state index contributed by atoms with van der Waals surface area (Å²) >= 11 is 0. The highest BCUT2D eigenvalue weighted by Gasteiger charge is 2.68. The number of hydrogen-bond donors (Lipinski definition) is 1. The lowest BCUT2D eigenvalue weighted by molar-refractivity contribution is -0.212. The van der Waals surface area contributed by atoms with E-state index in [0.29, 0.717) is 12.0 Å². The molecule has 1 unspecified atom stereocenters. The van der Waals surface area contributed by atoms with E-state index in [4.69, 9.17) is 10.5 Å². The summed E-state index contributed by atoms with van der Waals surface area (Å²) in [5.74, 6) is -0.218. The second-order valence-electron chi connectivity index (χ2n) is 4.93. The van der Waals surface area contributed by atoms with Gasteiger partial charge in [-0.15, -0.1) is 12.4 Å². The van der Waals surface area contributed by atoms with Crippen LogP contribution in [0, 0.1) is 10.8 Å². The van der Waals surface area contributed by atoms with Gasteiger partial charge in [0.1, 0.15) is 6.04 Å². The number of nitrogens with two attached hydrogens (primary N) is 1. The molecule has 3 aliphatic rings. The van der Waals surface area contributed by atoms with Crippen LogP contribution in [0.3, 0.4) is 0 Å². The van der Waals surface area contributed by atoms with Gasteiger partial charge in [0, 0.05) is 0 Å². The topological polar surface area (TPSA) is 52.3 Å². The van der Waals surface area contributed by atoms with E-state index in [1.807, 2.05) is 6.92 Å². The van der Waals surface area contributed by atoms with E-state index in [9.17, 15) is 4.79 Å². The second-order valence-corrected chi connectivity index (χ2v) is 4.93. The number of carbonyl (C=O) groups is 1. The maximum atomic E-state index is 11.4. The lowest BCUT2D eigenvalue weighted by atomic mass is 9.34. The molecule has 0 amide bonds. The zero-order valence-corrected chi connectivity index (χ0v) is 9.52. The summed E-state index contributed by atoms with van der Waals surface area (Å²) in [5, 5.41) is 0. The maximum absolute atomic E-state index is 11.4. The smallest absolute Gasteiger partial charge is 0.323 e. The van der Waals surface area contributed by atoms with Gasteiger partial charge in [-0.25, -0.2) is 0 Å². The standard InChI is InChI=1S/C10H17NO2.ClH/c1-3-13-8(12)7(11)10-4-9(2,5-10)6-10;/h7H,3-6,11H2,1-2H3;1H. The first-order valence-corrected chi connectivity index (χ1v) is 4.94. The predicted molar refractivity (Wildman–Crippen MR) is 56.2 cm³/mol. The predicted octanol–water partition coefficient (Wildman–Crippen LogP) is 1.49. The first kappa shape index (κ1) is 11.8. The highest BCUT2D eigenvalue weighted by atomic mass is 35.5. The summed E-state index contributed by atoms with van der Waals surface area (Å²) in [6.07, 6.45) is 3.33. The Balaban J connectivity index is 0.000000980. The van der Waals surface area contributed by atoms with Crippen LogP contribution in [-0.2, 0) is 9.53 Å². The Morgan fingerprint density at radius 1 is 1.50 bits per heavy atom. The molecule has 1 atom stereocenters. The Hall–Kier alpha value is -0.280. The lowest BCUT2D eigenvalue weighted by Crippen LogP contribution is -2.69. The number of esters is 1. The summed E-state index contributed by atoms with van der Waals surface area (Å²) in [4.78, 5) is 11.4. The van der Waals surface area contributed by atoms with Crippen LogP contribution in [0.25, 0.3) is 0 Å². The van der Waals surface area contributed by atoms with Gasteiger partial charge in [-0.1, -0.05) is 6.92 Å². The molecule has 0 radical (unpaired) electrons. The molecule has 0 spiro atoms. The second kappa shape index (κ2) is 3.38. The van der Waals surface area contributed by atoms with E-state index >= 15 is 0 Å². The summed E-state index contributed by atoms with van der Waals surface area (Å²) in [6.45, 7) is 4.50. The molecule has 0 saturated heterocycles. The van der Waals surface area contributed by atoms with Crippen molar-refractivity contribution >= 4 is 18.4 Å². The number of rotatable bonds is 3. The Morgan fingerprint density at radius 2 is 2.00 bits per heavy atom. The summed E-state index contributed by atoms with van der Waals surface area (Å²) in [7, 11) is 0. The SMILES string of the molecule is CCOC(=O)C(N)C12CC(C)(C1)C2.Cl. The zero-order valence-electron chi connectivity index (χ0n) is 8.71. The van der Waals surface area contributed by atoms with Gasteiger partial charge in [0.05, 0.1) is 6.61 Å². The van der Waals surface area contributed by atoms with E-state index in [1.54, 1.807) is 0 Å². The highest BCUT2D eigenvalue weighted by Crippen LogP contribution is 2.74. The third-order valence-electron chi connectivity index (χ3n) is 3.54. The zero-order chi connectivity index (χ0) is 9.69. The number of ether oxygens (including phenoxy) is 1. The van der Waals surface area contributed by atoms with Crippen molar-refractivity contribution < 1.29 is 9.53 Å². The molecule has 3 rings (SSSR count). The Labute approximate surface area is 90.8 Å². The molecule has 0 aromatic heterocycles. The van der Waals surface area contributed by atoms with Crippen molar-refractivity contribution in [2.75, 3.05) is 6.61 Å². The third kappa shape index (κ3) is 1.43. The molecule has 82 valence electrons. The maximum Gasteiger partial charge on any atom is 0.323 e. The molecule has 0 aromatic carbocycles. The third-order valence-corrected chi connectivity index (χ3v) is 3.54. The molecule has 3 fully saturated rings. The first-order chi connectivity index (χ1) is 6.01. The molecule has 0 aliphatic heterocycles. The van der Waals surface area contributed by atoms with Crippen LogP contribution in [0.2, 0.25) is 0 Å². The minimum absolute atomic E-state index is 0. The van der Waals surface area contributed by atoms with Crippen molar-refractivity contribution in [3.05, 3.63) is 0 Å². The van der Waals surface area contributed by atoms with E-state index < -0.39 is 0 Å². The fraction of sp³-hybridized carbons (Fsp3) is 0.900. The number of hydrogen-bond acceptors (Lipinski definition) is 3. The largest absolute Gasteiger partial charge is 0.465 e. The number of halogens is 1. The minimum Gasteiger partial charge on any atom is -0.465 e. The van der Waals surface area contributed by atoms with Gasteiger partial charge in [0.25, 0.3) is 0 Å². The van der Waals surface area contributed by atoms with Gasteiger partial charge in [-0.3, -0.25) is 4.79 Å². The molecule has 3 nitrogen and oxygen atoms in total. The van der Waals surface area contributed by atoms with Gasteiger partial charge < -0.3 is 10.5 Å². The van der Waals surface area contributed by atoms with Crippen LogP contribution in [0.15, 0.2) is 0 Å². The van der Waals surface area contributed by atoms with Gasteiger partial charge in [0.15, 0.2) is 0 Å². The average molecular weight is 220 g/mol. The van der Waals surface area contributed by atoms with Crippen LogP contribution in [0.1, 0.15) is 33.1 Å². The summed E-state index contributed by atoms with van der Waals surface area (Å²) in [5.41, 5.74) is 6.48. The molecule has 3 saturated carbocycles. The van der Waals surface area contributed by atoms with Crippen LogP contribution < -0.4 is 5.73 Å². The normalized spacial score (nSPS) is 39.9. The van der Waals surface area contributed by atoms with Crippen molar-refractivity contribution in [3.8, 4) is 0 Å². The van der Waals surface area contributed by atoms with Crippen molar-refractivity contribution in [3.63, 3.8) is 0 Å². The van der Waals surface area contributed by atoms with Gasteiger partial charge in [-0.05, 0) is 37.0 Å². The van der Waals surface area contributed by atoms with Crippen molar-refractivity contribution in [2.24, 2.45) is 16.6 Å². The molecule has 0 aromatic rings. The van der Waals surface area contributed by atoms with E-state index in [0.717, 1.165) is 19.3 Å². The fourth-order valence-corrected chi connectivity index (χ4v) is 3.21. The van der Waals surface area contributed by atoms with E-state index in [1.165, 1.54) is 0 Å². The molecular weight excluding hydrogens is 202 g/mol. The van der Waals surface area contributed by atoms with Gasteiger partial charge in [0.2, 0.25) is 0 Å². The monoisotopic (exact) mass is 219 g/mol. The van der Waals surface area contributed by atoms with Crippen LogP contribution in [-0.4, -0.2) is 18.6 Å². The molecular formula is C10H18ClNO2. The van der Waals surface area contributed by atoms with E-state index in [-0.39, 0.29) is 29.8 Å². The van der Waals surface area contributed by atoms with Crippen molar-refractivity contribution in [2.45, 2.75) is 39.2 Å². The Kier molecular flexibility index (Phi) is 2.85. The van der Waals surface area contributed by atoms with Gasteiger partial charge in [-0.2, -0.15) is 0 Å². The quantitative estimate of drug-likeness (QED) is 0.732. The summed E-state index contributed by atoms with van der Waals surface area (Å²) in [6, 6.07) is -0.380. The lowest BCUT2D eigenvalue weighted by Gasteiger charge is -2.71. The van der Waals surface area contributed by atoms with E-state index in [2.05, 4.69) is 6.92 Å². The first-order valence-electron chi connectivity index (χ1n) is 4.94. The fourth-order valence-electron chi connectivity index (χ4n) is 3.21. The minimum atomic E-state index is -0.380. The summed E-state index contributed by atoms with van der Waals surface area (Å²) < 4.78 is 4.92. The molecule has 2 bridgehead atoms. The molecule has 4 heteroatoms. The molecule has 3 aliphatic carbocycles. The Morgan fingerprint density at radius 3 is 2.36 bits per heavy atom. The van der Waals surface area contributed by atoms with Crippen LogP contribution >= 0.6 is 12.4 Å². The number of carbonyl (C=O) groups excluding carboxylic acids is 1. The van der Waals surface area contributed by atoms with Crippen molar-refractivity contribution in [1.82, 2.24) is 0 Å². The Bertz CT molecular complexity index is 235.